The highest BCUT2D eigenvalue weighted by Gasteiger charge is 2.15. The van der Waals surface area contributed by atoms with Crippen LogP contribution in [0, 0.1) is 13.7 Å². The van der Waals surface area contributed by atoms with Crippen molar-refractivity contribution in [3.05, 3.63) is 67.5 Å². The molecule has 0 radical (unpaired) electrons. The van der Waals surface area contributed by atoms with E-state index in [2.05, 4.69) is 4.98 Å². The Morgan fingerprint density at radius 1 is 1.28 bits per heavy atom. The van der Waals surface area contributed by atoms with Crippen LogP contribution in [0.1, 0.15) is 16.1 Å². The molecule has 1 heterocycles. The Balaban J connectivity index is 2.46. The second-order valence-corrected chi connectivity index (χ2v) is 4.74. The van der Waals surface area contributed by atoms with Crippen molar-refractivity contribution in [2.45, 2.75) is 0 Å². The monoisotopic (exact) mass is 354 g/mol. The van der Waals surface area contributed by atoms with Crippen LogP contribution in [0.2, 0.25) is 0 Å². The fourth-order valence-electron chi connectivity index (χ4n) is 1.46. The van der Waals surface area contributed by atoms with Crippen LogP contribution in [0.4, 0.5) is 5.69 Å². The molecule has 0 spiro atoms. The number of hydrogen-bond acceptors (Lipinski definition) is 4. The molecule has 0 fully saturated rings. The fraction of sp³-hybridized carbons (Fsp3) is 0. The van der Waals surface area contributed by atoms with Crippen LogP contribution in [-0.2, 0) is 0 Å². The van der Waals surface area contributed by atoms with E-state index in [9.17, 15) is 14.9 Å². The molecule has 0 saturated carbocycles. The van der Waals surface area contributed by atoms with Gasteiger partial charge >= 0.3 is 0 Å². The van der Waals surface area contributed by atoms with Crippen molar-refractivity contribution < 1.29 is 9.72 Å². The number of ketones is 1. The van der Waals surface area contributed by atoms with Crippen molar-refractivity contribution in [2.24, 2.45) is 0 Å². The lowest BCUT2D eigenvalue weighted by Crippen LogP contribution is -2.04. The Kier molecular flexibility index (Phi) is 3.66. The summed E-state index contributed by atoms with van der Waals surface area (Å²) in [7, 11) is 0. The zero-order valence-electron chi connectivity index (χ0n) is 9.04. The van der Waals surface area contributed by atoms with Gasteiger partial charge < -0.3 is 0 Å². The first kappa shape index (κ1) is 12.6. The standard InChI is InChI=1S/C12H7IN2O3/c13-9-5-8(6-10(7-9)15(17)18)12(16)11-3-1-2-4-14-11/h1-7H. The van der Waals surface area contributed by atoms with E-state index in [0.29, 0.717) is 3.57 Å². The first-order chi connectivity index (χ1) is 8.58. The quantitative estimate of drug-likeness (QED) is 0.368. The molecule has 0 saturated heterocycles. The van der Waals surface area contributed by atoms with Gasteiger partial charge in [-0.25, -0.2) is 0 Å². The van der Waals surface area contributed by atoms with E-state index in [4.69, 9.17) is 0 Å². The molecule has 0 bridgehead atoms. The van der Waals surface area contributed by atoms with E-state index < -0.39 is 4.92 Å². The van der Waals surface area contributed by atoms with Crippen LogP contribution in [0.15, 0.2) is 42.6 Å². The molecule has 0 amide bonds. The average Bonchev–Trinajstić information content (AvgIpc) is 2.38. The number of nitrogens with zero attached hydrogens (tertiary/aromatic N) is 2. The fourth-order valence-corrected chi connectivity index (χ4v) is 2.11. The lowest BCUT2D eigenvalue weighted by molar-refractivity contribution is -0.385. The zero-order chi connectivity index (χ0) is 13.1. The number of benzene rings is 1. The van der Waals surface area contributed by atoms with Crippen LogP contribution in [0.3, 0.4) is 0 Å². The SMILES string of the molecule is O=C(c1cc(I)cc([N+](=O)[O-])c1)c1ccccn1. The number of nitro benzene ring substituents is 1. The minimum absolute atomic E-state index is 0.0961. The molecule has 0 N–H and O–H groups in total. The molecular formula is C12H7IN2O3. The van der Waals surface area contributed by atoms with Crippen molar-refractivity contribution in [1.82, 2.24) is 4.98 Å². The third-order valence-corrected chi connectivity index (χ3v) is 2.88. The molecule has 1 aromatic heterocycles. The van der Waals surface area contributed by atoms with Crippen molar-refractivity contribution in [3.63, 3.8) is 0 Å². The average molecular weight is 354 g/mol. The maximum absolute atomic E-state index is 12.1. The van der Waals surface area contributed by atoms with Crippen molar-refractivity contribution in [3.8, 4) is 0 Å². The van der Waals surface area contributed by atoms with Crippen LogP contribution in [-0.4, -0.2) is 15.7 Å². The summed E-state index contributed by atoms with van der Waals surface area (Å²) >= 11 is 1.94. The molecule has 0 atom stereocenters. The molecule has 90 valence electrons. The molecule has 0 aliphatic carbocycles. The second kappa shape index (κ2) is 5.21. The molecular weight excluding hydrogens is 347 g/mol. The zero-order valence-corrected chi connectivity index (χ0v) is 11.2. The number of nitro groups is 1. The lowest BCUT2D eigenvalue weighted by Gasteiger charge is -2.01. The van der Waals surface area contributed by atoms with Crippen molar-refractivity contribution in [1.29, 1.82) is 0 Å². The Labute approximate surface area is 116 Å². The molecule has 2 aromatic rings. The van der Waals surface area contributed by atoms with Gasteiger partial charge in [0.15, 0.2) is 0 Å². The van der Waals surface area contributed by atoms with Gasteiger partial charge in [0.2, 0.25) is 5.78 Å². The first-order valence-electron chi connectivity index (χ1n) is 4.98. The second-order valence-electron chi connectivity index (χ2n) is 3.50. The van der Waals surface area contributed by atoms with Gasteiger partial charge in [-0.2, -0.15) is 0 Å². The summed E-state index contributed by atoms with van der Waals surface area (Å²) in [6, 6.07) is 9.25. The summed E-state index contributed by atoms with van der Waals surface area (Å²) in [5.74, 6) is -0.322. The van der Waals surface area contributed by atoms with Crippen molar-refractivity contribution >= 4 is 34.1 Å². The van der Waals surface area contributed by atoms with Gasteiger partial charge in [-0.05, 0) is 40.8 Å². The molecule has 0 unspecified atom stereocenters. The number of aromatic nitrogens is 1. The number of halogens is 1. The number of non-ortho nitro benzene ring substituents is 1. The third-order valence-electron chi connectivity index (χ3n) is 2.25. The van der Waals surface area contributed by atoms with Gasteiger partial charge in [0.1, 0.15) is 5.69 Å². The normalized spacial score (nSPS) is 10.1. The van der Waals surface area contributed by atoms with Gasteiger partial charge in [0.25, 0.3) is 5.69 Å². The molecule has 2 rings (SSSR count). The summed E-state index contributed by atoms with van der Waals surface area (Å²) in [5, 5.41) is 10.7. The highest BCUT2D eigenvalue weighted by molar-refractivity contribution is 14.1. The number of carbonyl (C=O) groups excluding carboxylic acids is 1. The van der Waals surface area contributed by atoms with Crippen LogP contribution in [0.25, 0.3) is 0 Å². The van der Waals surface area contributed by atoms with Gasteiger partial charge in [-0.1, -0.05) is 6.07 Å². The van der Waals surface area contributed by atoms with E-state index in [1.54, 1.807) is 24.3 Å². The summed E-state index contributed by atoms with van der Waals surface area (Å²) in [6.07, 6.45) is 1.51. The predicted octanol–water partition coefficient (Wildman–Crippen LogP) is 2.83. The highest BCUT2D eigenvalue weighted by Crippen LogP contribution is 2.20. The molecule has 0 aliphatic heterocycles. The van der Waals surface area contributed by atoms with Crippen LogP contribution >= 0.6 is 22.6 Å². The lowest BCUT2D eigenvalue weighted by atomic mass is 10.1. The highest BCUT2D eigenvalue weighted by atomic mass is 127. The maximum Gasteiger partial charge on any atom is 0.271 e. The number of hydrogen-bond donors (Lipinski definition) is 0. The molecule has 18 heavy (non-hydrogen) atoms. The minimum atomic E-state index is -0.517. The van der Waals surface area contributed by atoms with Gasteiger partial charge in [0.05, 0.1) is 4.92 Å². The Morgan fingerprint density at radius 2 is 2.06 bits per heavy atom. The van der Waals surface area contributed by atoms with E-state index >= 15 is 0 Å². The van der Waals surface area contributed by atoms with Crippen molar-refractivity contribution in [2.75, 3.05) is 0 Å². The number of pyridine rings is 1. The summed E-state index contributed by atoms with van der Waals surface area (Å²) in [4.78, 5) is 26.2. The smallest absolute Gasteiger partial charge is 0.271 e. The predicted molar refractivity (Wildman–Crippen MR) is 73.5 cm³/mol. The van der Waals surface area contributed by atoms with Gasteiger partial charge in [-0.3, -0.25) is 19.9 Å². The molecule has 6 heteroatoms. The Bertz CT molecular complexity index is 614. The summed E-state index contributed by atoms with van der Waals surface area (Å²) < 4.78 is 0.640. The van der Waals surface area contributed by atoms with Crippen LogP contribution in [0.5, 0.6) is 0 Å². The van der Waals surface area contributed by atoms with E-state index in [1.807, 2.05) is 22.6 Å². The third kappa shape index (κ3) is 2.70. The van der Waals surface area contributed by atoms with Gasteiger partial charge in [0, 0.05) is 27.5 Å². The largest absolute Gasteiger partial charge is 0.287 e. The van der Waals surface area contributed by atoms with Gasteiger partial charge in [-0.15, -0.1) is 0 Å². The minimum Gasteiger partial charge on any atom is -0.287 e. The van der Waals surface area contributed by atoms with E-state index in [1.165, 1.54) is 18.3 Å². The van der Waals surface area contributed by atoms with Crippen LogP contribution < -0.4 is 0 Å². The Morgan fingerprint density at radius 3 is 2.67 bits per heavy atom. The first-order valence-corrected chi connectivity index (χ1v) is 6.06. The molecule has 5 nitrogen and oxygen atoms in total. The number of carbonyl (C=O) groups is 1. The maximum atomic E-state index is 12.1. The summed E-state index contributed by atoms with van der Waals surface area (Å²) in [6.45, 7) is 0. The number of rotatable bonds is 3. The van der Waals surface area contributed by atoms with E-state index in [-0.39, 0.29) is 22.7 Å². The molecule has 1 aromatic carbocycles. The van der Waals surface area contributed by atoms with E-state index in [0.717, 1.165) is 0 Å². The topological polar surface area (TPSA) is 73.1 Å². The Hall–Kier alpha value is -1.83. The molecule has 0 aliphatic rings. The summed E-state index contributed by atoms with van der Waals surface area (Å²) in [5.41, 5.74) is 0.447.